The fraction of sp³-hybridized carbons (Fsp3) is 0.429. The molecule has 0 amide bonds. The largest absolute Gasteiger partial charge is 0.493 e. The van der Waals surface area contributed by atoms with Crippen molar-refractivity contribution in [3.05, 3.63) is 47.7 Å². The lowest BCUT2D eigenvalue weighted by Gasteiger charge is -2.33. The lowest BCUT2D eigenvalue weighted by molar-refractivity contribution is 0.312. The van der Waals surface area contributed by atoms with Gasteiger partial charge in [-0.1, -0.05) is 6.07 Å². The van der Waals surface area contributed by atoms with Gasteiger partial charge >= 0.3 is 0 Å². The van der Waals surface area contributed by atoms with Crippen LogP contribution in [0.15, 0.2) is 41.5 Å². The van der Waals surface area contributed by atoms with Gasteiger partial charge in [-0.3, -0.25) is 0 Å². The maximum atomic E-state index is 6.04. The van der Waals surface area contributed by atoms with Crippen molar-refractivity contribution in [1.29, 1.82) is 0 Å². The number of nitrogens with one attached hydrogen (secondary N) is 1. The SMILES string of the molecule is COc1ccc(CN=C(N)NCc2ccnc(N3CCN(C)CC3)c2)cc1OC. The predicted molar refractivity (Wildman–Crippen MR) is 116 cm³/mol. The fourth-order valence-corrected chi connectivity index (χ4v) is 3.18. The Kier molecular flexibility index (Phi) is 7.13. The number of pyridine rings is 1. The van der Waals surface area contributed by atoms with Crippen molar-refractivity contribution >= 4 is 11.8 Å². The van der Waals surface area contributed by atoms with Crippen LogP contribution in [0.5, 0.6) is 11.5 Å². The summed E-state index contributed by atoms with van der Waals surface area (Å²) in [4.78, 5) is 13.6. The molecule has 0 atom stereocenters. The van der Waals surface area contributed by atoms with Crippen molar-refractivity contribution in [2.75, 3.05) is 52.3 Å². The molecule has 0 radical (unpaired) electrons. The van der Waals surface area contributed by atoms with Gasteiger partial charge in [0.05, 0.1) is 20.8 Å². The standard InChI is InChI=1S/C21H30N6O2/c1-26-8-10-27(11-9-26)20-13-17(6-7-23-20)15-25-21(22)24-14-16-4-5-18(28-2)19(12-16)29-3/h4-7,12-13H,8-11,14-15H2,1-3H3,(H3,22,24,25). The highest BCUT2D eigenvalue weighted by molar-refractivity contribution is 5.77. The van der Waals surface area contributed by atoms with E-state index in [0.29, 0.717) is 30.5 Å². The molecule has 2 aromatic rings. The van der Waals surface area contributed by atoms with E-state index in [1.807, 2.05) is 30.5 Å². The van der Waals surface area contributed by atoms with Crippen molar-refractivity contribution in [2.24, 2.45) is 10.7 Å². The smallest absolute Gasteiger partial charge is 0.189 e. The van der Waals surface area contributed by atoms with Crippen LogP contribution in [0.2, 0.25) is 0 Å². The Bertz CT molecular complexity index is 834. The second-order valence-corrected chi connectivity index (χ2v) is 7.06. The van der Waals surface area contributed by atoms with E-state index in [1.165, 1.54) is 0 Å². The highest BCUT2D eigenvalue weighted by Crippen LogP contribution is 2.27. The molecule has 8 nitrogen and oxygen atoms in total. The number of rotatable bonds is 7. The molecule has 3 N–H and O–H groups in total. The summed E-state index contributed by atoms with van der Waals surface area (Å²) in [7, 11) is 5.38. The molecule has 1 saturated heterocycles. The third-order valence-corrected chi connectivity index (χ3v) is 4.99. The van der Waals surface area contributed by atoms with E-state index < -0.39 is 0 Å². The van der Waals surface area contributed by atoms with Crippen LogP contribution in [0.4, 0.5) is 5.82 Å². The first-order valence-electron chi connectivity index (χ1n) is 9.72. The van der Waals surface area contributed by atoms with Gasteiger partial charge in [0.25, 0.3) is 0 Å². The molecule has 29 heavy (non-hydrogen) atoms. The second-order valence-electron chi connectivity index (χ2n) is 7.06. The molecule has 3 rings (SSSR count). The number of aromatic nitrogens is 1. The van der Waals surface area contributed by atoms with Crippen LogP contribution in [0.25, 0.3) is 0 Å². The van der Waals surface area contributed by atoms with Gasteiger partial charge in [0, 0.05) is 38.9 Å². The molecular formula is C21H30N6O2. The molecule has 0 unspecified atom stereocenters. The Morgan fingerprint density at radius 2 is 1.83 bits per heavy atom. The maximum absolute atomic E-state index is 6.04. The number of piperazine rings is 1. The molecule has 1 aliphatic rings. The van der Waals surface area contributed by atoms with Gasteiger partial charge in [-0.25, -0.2) is 9.98 Å². The maximum Gasteiger partial charge on any atom is 0.189 e. The van der Waals surface area contributed by atoms with Crippen LogP contribution in [-0.4, -0.2) is 63.3 Å². The Balaban J connectivity index is 1.55. The first kappa shape index (κ1) is 20.7. The van der Waals surface area contributed by atoms with Crippen LogP contribution >= 0.6 is 0 Å². The van der Waals surface area contributed by atoms with Crippen molar-refractivity contribution in [2.45, 2.75) is 13.1 Å². The molecule has 1 aromatic carbocycles. The summed E-state index contributed by atoms with van der Waals surface area (Å²) in [6.07, 6.45) is 1.85. The second kappa shape index (κ2) is 9.97. The molecule has 0 spiro atoms. The summed E-state index contributed by atoms with van der Waals surface area (Å²) in [6.45, 7) is 5.16. The van der Waals surface area contributed by atoms with Crippen LogP contribution in [0, 0.1) is 0 Å². The Hall–Kier alpha value is -3.00. The monoisotopic (exact) mass is 398 g/mol. The van der Waals surface area contributed by atoms with Crippen molar-refractivity contribution < 1.29 is 9.47 Å². The molecule has 0 bridgehead atoms. The van der Waals surface area contributed by atoms with E-state index in [1.54, 1.807) is 14.2 Å². The topological polar surface area (TPSA) is 88.2 Å². The molecule has 2 heterocycles. The van der Waals surface area contributed by atoms with Gasteiger partial charge in [0.2, 0.25) is 0 Å². The van der Waals surface area contributed by atoms with Gasteiger partial charge in [-0.15, -0.1) is 0 Å². The fourth-order valence-electron chi connectivity index (χ4n) is 3.18. The number of methoxy groups -OCH3 is 2. The van der Waals surface area contributed by atoms with E-state index >= 15 is 0 Å². The zero-order chi connectivity index (χ0) is 20.6. The average molecular weight is 399 g/mol. The first-order valence-corrected chi connectivity index (χ1v) is 9.72. The predicted octanol–water partition coefficient (Wildman–Crippen LogP) is 1.46. The molecule has 8 heteroatoms. The number of benzene rings is 1. The third-order valence-electron chi connectivity index (χ3n) is 4.99. The van der Waals surface area contributed by atoms with E-state index in [0.717, 1.165) is 43.1 Å². The minimum absolute atomic E-state index is 0.401. The van der Waals surface area contributed by atoms with E-state index in [4.69, 9.17) is 15.2 Å². The van der Waals surface area contributed by atoms with Gasteiger partial charge in [-0.05, 0) is 42.4 Å². The average Bonchev–Trinajstić information content (AvgIpc) is 2.76. The summed E-state index contributed by atoms with van der Waals surface area (Å²) in [5.74, 6) is 2.79. The number of aliphatic imine (C=N–C) groups is 1. The quantitative estimate of drug-likeness (QED) is 0.539. The van der Waals surface area contributed by atoms with Crippen LogP contribution in [-0.2, 0) is 13.1 Å². The summed E-state index contributed by atoms with van der Waals surface area (Å²) >= 11 is 0. The van der Waals surface area contributed by atoms with E-state index in [2.05, 4.69) is 38.2 Å². The Labute approximate surface area is 172 Å². The first-order chi connectivity index (χ1) is 14.1. The van der Waals surface area contributed by atoms with Gasteiger partial charge in [-0.2, -0.15) is 0 Å². The van der Waals surface area contributed by atoms with Gasteiger partial charge < -0.3 is 30.3 Å². The van der Waals surface area contributed by atoms with Crippen LogP contribution < -0.4 is 25.4 Å². The number of likely N-dealkylation sites (N-methyl/N-ethyl adjacent to an activating group) is 1. The zero-order valence-corrected chi connectivity index (χ0v) is 17.4. The van der Waals surface area contributed by atoms with Crippen molar-refractivity contribution in [1.82, 2.24) is 15.2 Å². The van der Waals surface area contributed by atoms with Crippen molar-refractivity contribution in [3.63, 3.8) is 0 Å². The highest BCUT2D eigenvalue weighted by Gasteiger charge is 2.15. The van der Waals surface area contributed by atoms with Crippen LogP contribution in [0.1, 0.15) is 11.1 Å². The summed E-state index contributed by atoms with van der Waals surface area (Å²) in [5, 5.41) is 3.17. The highest BCUT2D eigenvalue weighted by atomic mass is 16.5. The summed E-state index contributed by atoms with van der Waals surface area (Å²) in [5.41, 5.74) is 8.16. The number of nitrogens with two attached hydrogens (primary N) is 1. The normalized spacial score (nSPS) is 15.3. The number of anilines is 1. The molecule has 0 saturated carbocycles. The van der Waals surface area contributed by atoms with E-state index in [-0.39, 0.29) is 0 Å². The Morgan fingerprint density at radius 3 is 2.55 bits per heavy atom. The summed E-state index contributed by atoms with van der Waals surface area (Å²) in [6, 6.07) is 9.82. The lowest BCUT2D eigenvalue weighted by Crippen LogP contribution is -2.44. The molecule has 1 fully saturated rings. The minimum atomic E-state index is 0.401. The number of hydrogen-bond donors (Lipinski definition) is 2. The minimum Gasteiger partial charge on any atom is -0.493 e. The number of ether oxygens (including phenoxy) is 2. The molecule has 156 valence electrons. The number of guanidine groups is 1. The van der Waals surface area contributed by atoms with Crippen molar-refractivity contribution in [3.8, 4) is 11.5 Å². The molecule has 1 aliphatic heterocycles. The van der Waals surface area contributed by atoms with E-state index in [9.17, 15) is 0 Å². The number of hydrogen-bond acceptors (Lipinski definition) is 6. The molecule has 0 aliphatic carbocycles. The Morgan fingerprint density at radius 1 is 1.07 bits per heavy atom. The van der Waals surface area contributed by atoms with Crippen LogP contribution in [0.3, 0.4) is 0 Å². The summed E-state index contributed by atoms with van der Waals surface area (Å²) < 4.78 is 10.6. The number of nitrogens with zero attached hydrogens (tertiary/aromatic N) is 4. The van der Waals surface area contributed by atoms with Gasteiger partial charge in [0.1, 0.15) is 5.82 Å². The lowest BCUT2D eigenvalue weighted by atomic mass is 10.2. The van der Waals surface area contributed by atoms with Gasteiger partial charge in [0.15, 0.2) is 17.5 Å². The third kappa shape index (κ3) is 5.74. The molecule has 1 aromatic heterocycles. The zero-order valence-electron chi connectivity index (χ0n) is 17.4. The molecular weight excluding hydrogens is 368 g/mol.